The molecule has 6 heteroatoms. The number of nitrogens with zero attached hydrogens (tertiary/aromatic N) is 4. The number of pyridine rings is 1. The fourth-order valence-corrected chi connectivity index (χ4v) is 1.46. The van der Waals surface area contributed by atoms with Gasteiger partial charge in [0.2, 0.25) is 5.95 Å². The van der Waals surface area contributed by atoms with E-state index in [1.165, 1.54) is 0 Å². The van der Waals surface area contributed by atoms with Crippen LogP contribution in [-0.2, 0) is 0 Å². The van der Waals surface area contributed by atoms with E-state index < -0.39 is 0 Å². The molecule has 90 valence electrons. The van der Waals surface area contributed by atoms with Crippen LogP contribution in [0, 0.1) is 11.3 Å². The minimum Gasteiger partial charge on any atom is -0.369 e. The van der Waals surface area contributed by atoms with Crippen molar-refractivity contribution in [2.24, 2.45) is 0 Å². The Labute approximate surface area is 105 Å². The van der Waals surface area contributed by atoms with E-state index in [0.29, 0.717) is 29.6 Å². The minimum atomic E-state index is 0.447. The SMILES string of the molecule is CCNc1nccc(Nc2ncccn2)c1C#N. The van der Waals surface area contributed by atoms with Crippen LogP contribution in [0.3, 0.4) is 0 Å². The van der Waals surface area contributed by atoms with Gasteiger partial charge < -0.3 is 10.6 Å². The Hall–Kier alpha value is -2.68. The van der Waals surface area contributed by atoms with E-state index in [-0.39, 0.29) is 0 Å². The molecule has 0 aliphatic heterocycles. The smallest absolute Gasteiger partial charge is 0.227 e. The first-order valence-corrected chi connectivity index (χ1v) is 5.52. The van der Waals surface area contributed by atoms with Crippen LogP contribution in [-0.4, -0.2) is 21.5 Å². The molecule has 0 aliphatic rings. The van der Waals surface area contributed by atoms with Gasteiger partial charge in [-0.3, -0.25) is 0 Å². The third-order valence-corrected chi connectivity index (χ3v) is 2.22. The van der Waals surface area contributed by atoms with Crippen molar-refractivity contribution in [3.63, 3.8) is 0 Å². The molecule has 18 heavy (non-hydrogen) atoms. The second-order valence-corrected chi connectivity index (χ2v) is 3.42. The van der Waals surface area contributed by atoms with Crippen molar-refractivity contribution in [3.05, 3.63) is 36.3 Å². The summed E-state index contributed by atoms with van der Waals surface area (Å²) < 4.78 is 0. The number of nitriles is 1. The van der Waals surface area contributed by atoms with Crippen molar-refractivity contribution in [3.8, 4) is 6.07 Å². The molecule has 6 nitrogen and oxygen atoms in total. The van der Waals surface area contributed by atoms with Crippen LogP contribution >= 0.6 is 0 Å². The van der Waals surface area contributed by atoms with Crippen LogP contribution in [0.2, 0.25) is 0 Å². The van der Waals surface area contributed by atoms with Gasteiger partial charge in [-0.15, -0.1) is 0 Å². The molecule has 0 spiro atoms. The normalized spacial score (nSPS) is 9.56. The van der Waals surface area contributed by atoms with E-state index in [1.807, 2.05) is 6.92 Å². The molecule has 0 atom stereocenters. The first kappa shape index (κ1) is 11.8. The zero-order chi connectivity index (χ0) is 12.8. The highest BCUT2D eigenvalue weighted by Gasteiger charge is 2.09. The average Bonchev–Trinajstić information content (AvgIpc) is 2.41. The quantitative estimate of drug-likeness (QED) is 0.849. The molecule has 0 unspecified atom stereocenters. The fraction of sp³-hybridized carbons (Fsp3) is 0.167. The summed E-state index contributed by atoms with van der Waals surface area (Å²) in [6.45, 7) is 2.65. The van der Waals surface area contributed by atoms with Gasteiger partial charge in [0.15, 0.2) is 0 Å². The molecule has 0 saturated heterocycles. The lowest BCUT2D eigenvalue weighted by atomic mass is 10.2. The molecule has 0 radical (unpaired) electrons. The topological polar surface area (TPSA) is 86.5 Å². The molecule has 0 aliphatic carbocycles. The standard InChI is InChI=1S/C12H12N6/c1-2-14-11-9(8-13)10(4-7-15-11)18-12-16-5-3-6-17-12/h3-7H,2H2,1H3,(H2,14,15,16,17,18). The maximum absolute atomic E-state index is 9.19. The number of aromatic nitrogens is 3. The van der Waals surface area contributed by atoms with Crippen molar-refractivity contribution in [2.75, 3.05) is 17.2 Å². The predicted molar refractivity (Wildman–Crippen MR) is 68.4 cm³/mol. The number of rotatable bonds is 4. The van der Waals surface area contributed by atoms with Crippen LogP contribution < -0.4 is 10.6 Å². The summed E-state index contributed by atoms with van der Waals surface area (Å²) in [4.78, 5) is 12.2. The lowest BCUT2D eigenvalue weighted by molar-refractivity contribution is 1.14. The lowest BCUT2D eigenvalue weighted by Crippen LogP contribution is -2.05. The van der Waals surface area contributed by atoms with E-state index >= 15 is 0 Å². The number of hydrogen-bond donors (Lipinski definition) is 2. The summed E-state index contributed by atoms with van der Waals surface area (Å²) in [6, 6.07) is 5.57. The fourth-order valence-electron chi connectivity index (χ4n) is 1.46. The molecule has 0 fully saturated rings. The summed E-state index contributed by atoms with van der Waals surface area (Å²) >= 11 is 0. The Kier molecular flexibility index (Phi) is 3.66. The largest absolute Gasteiger partial charge is 0.369 e. The van der Waals surface area contributed by atoms with Gasteiger partial charge in [-0.2, -0.15) is 5.26 Å². The van der Waals surface area contributed by atoms with E-state index in [2.05, 4.69) is 31.7 Å². The van der Waals surface area contributed by atoms with Crippen LogP contribution in [0.25, 0.3) is 0 Å². The van der Waals surface area contributed by atoms with Crippen LogP contribution in [0.4, 0.5) is 17.5 Å². The number of nitrogens with one attached hydrogen (secondary N) is 2. The highest BCUT2D eigenvalue weighted by molar-refractivity contribution is 5.70. The van der Waals surface area contributed by atoms with Gasteiger partial charge in [0.1, 0.15) is 17.5 Å². The summed E-state index contributed by atoms with van der Waals surface area (Å²) in [7, 11) is 0. The third-order valence-electron chi connectivity index (χ3n) is 2.22. The van der Waals surface area contributed by atoms with Crippen molar-refractivity contribution >= 4 is 17.5 Å². The van der Waals surface area contributed by atoms with Gasteiger partial charge in [0.25, 0.3) is 0 Å². The van der Waals surface area contributed by atoms with Gasteiger partial charge in [-0.1, -0.05) is 0 Å². The molecule has 0 aromatic carbocycles. The Morgan fingerprint density at radius 1 is 1.22 bits per heavy atom. The molecular formula is C12H12N6. The summed E-state index contributed by atoms with van der Waals surface area (Å²) in [6.07, 6.45) is 4.89. The Bertz CT molecular complexity index is 561. The molecule has 2 aromatic heterocycles. The van der Waals surface area contributed by atoms with E-state index in [1.54, 1.807) is 30.7 Å². The molecule has 2 rings (SSSR count). The van der Waals surface area contributed by atoms with Crippen LogP contribution in [0.1, 0.15) is 12.5 Å². The highest BCUT2D eigenvalue weighted by atomic mass is 15.1. The Balaban J connectivity index is 2.34. The summed E-state index contributed by atoms with van der Waals surface area (Å²) in [5, 5.41) is 15.2. The second kappa shape index (κ2) is 5.59. The maximum Gasteiger partial charge on any atom is 0.227 e. The zero-order valence-corrected chi connectivity index (χ0v) is 9.88. The van der Waals surface area contributed by atoms with Crippen molar-refractivity contribution in [2.45, 2.75) is 6.92 Å². The van der Waals surface area contributed by atoms with Gasteiger partial charge in [0.05, 0.1) is 5.69 Å². The highest BCUT2D eigenvalue weighted by Crippen LogP contribution is 2.22. The Morgan fingerprint density at radius 2 is 2.00 bits per heavy atom. The Morgan fingerprint density at radius 3 is 2.67 bits per heavy atom. The first-order valence-electron chi connectivity index (χ1n) is 5.52. The molecule has 0 saturated carbocycles. The predicted octanol–water partition coefficient (Wildman–Crippen LogP) is 1.92. The van der Waals surface area contributed by atoms with Crippen LogP contribution in [0.15, 0.2) is 30.7 Å². The van der Waals surface area contributed by atoms with Gasteiger partial charge in [0, 0.05) is 25.1 Å². The van der Waals surface area contributed by atoms with Crippen molar-refractivity contribution < 1.29 is 0 Å². The molecule has 0 bridgehead atoms. The maximum atomic E-state index is 9.19. The monoisotopic (exact) mass is 240 g/mol. The van der Waals surface area contributed by atoms with Crippen molar-refractivity contribution in [1.29, 1.82) is 5.26 Å². The van der Waals surface area contributed by atoms with E-state index in [4.69, 9.17) is 0 Å². The number of hydrogen-bond acceptors (Lipinski definition) is 6. The molecule has 2 N–H and O–H groups in total. The lowest BCUT2D eigenvalue weighted by Gasteiger charge is -2.09. The molecule has 2 heterocycles. The zero-order valence-electron chi connectivity index (χ0n) is 9.88. The van der Waals surface area contributed by atoms with Crippen LogP contribution in [0.5, 0.6) is 0 Å². The van der Waals surface area contributed by atoms with E-state index in [0.717, 1.165) is 0 Å². The average molecular weight is 240 g/mol. The van der Waals surface area contributed by atoms with Gasteiger partial charge >= 0.3 is 0 Å². The van der Waals surface area contributed by atoms with Crippen molar-refractivity contribution in [1.82, 2.24) is 15.0 Å². The summed E-state index contributed by atoms with van der Waals surface area (Å²) in [5.74, 6) is 1.00. The first-order chi connectivity index (χ1) is 8.85. The second-order valence-electron chi connectivity index (χ2n) is 3.42. The summed E-state index contributed by atoms with van der Waals surface area (Å²) in [5.41, 5.74) is 1.08. The molecule has 2 aromatic rings. The van der Waals surface area contributed by atoms with Gasteiger partial charge in [-0.25, -0.2) is 15.0 Å². The van der Waals surface area contributed by atoms with Gasteiger partial charge in [-0.05, 0) is 19.1 Å². The van der Waals surface area contributed by atoms with E-state index in [9.17, 15) is 5.26 Å². The molecular weight excluding hydrogens is 228 g/mol. The third kappa shape index (κ3) is 2.52. The molecule has 0 amide bonds. The minimum absolute atomic E-state index is 0.447. The number of anilines is 3.